The van der Waals surface area contributed by atoms with E-state index in [4.69, 9.17) is 5.11 Å². The van der Waals surface area contributed by atoms with Gasteiger partial charge in [0.2, 0.25) is 5.91 Å². The maximum absolute atomic E-state index is 11.7. The molecule has 1 aliphatic rings. The van der Waals surface area contributed by atoms with Gasteiger partial charge < -0.3 is 10.0 Å². The zero-order chi connectivity index (χ0) is 11.7. The van der Waals surface area contributed by atoms with Gasteiger partial charge in [0, 0.05) is 31.0 Å². The molecule has 0 radical (unpaired) electrons. The van der Waals surface area contributed by atoms with Crippen LogP contribution in [0.25, 0.3) is 0 Å². The molecular formula is C11H12N2O3. The maximum Gasteiger partial charge on any atom is 0.308 e. The molecule has 0 bridgehead atoms. The van der Waals surface area contributed by atoms with E-state index in [1.165, 1.54) is 4.90 Å². The molecule has 2 heterocycles. The Morgan fingerprint density at radius 1 is 1.62 bits per heavy atom. The molecule has 84 valence electrons. The molecule has 1 unspecified atom stereocenters. The van der Waals surface area contributed by atoms with Crippen LogP contribution in [0.1, 0.15) is 12.0 Å². The summed E-state index contributed by atoms with van der Waals surface area (Å²) in [6, 6.07) is 1.73. The van der Waals surface area contributed by atoms with E-state index in [9.17, 15) is 9.59 Å². The van der Waals surface area contributed by atoms with Crippen LogP contribution >= 0.6 is 0 Å². The summed E-state index contributed by atoms with van der Waals surface area (Å²) in [7, 11) is 0. The highest BCUT2D eigenvalue weighted by Gasteiger charge is 2.35. The molecule has 0 spiro atoms. The average Bonchev–Trinajstić information content (AvgIpc) is 2.61. The predicted octanol–water partition coefficient (Wildman–Crippen LogP) is 0.828. The Morgan fingerprint density at radius 2 is 2.38 bits per heavy atom. The molecule has 2 rings (SSSR count). The van der Waals surface area contributed by atoms with E-state index in [0.29, 0.717) is 0 Å². The topological polar surface area (TPSA) is 70.5 Å². The predicted molar refractivity (Wildman–Crippen MR) is 57.1 cm³/mol. The van der Waals surface area contributed by atoms with Crippen molar-refractivity contribution in [2.24, 2.45) is 5.92 Å². The lowest BCUT2D eigenvalue weighted by Gasteiger charge is -2.17. The number of carbonyl (C=O) groups is 2. The van der Waals surface area contributed by atoms with E-state index >= 15 is 0 Å². The lowest BCUT2D eigenvalue weighted by Crippen LogP contribution is -2.26. The van der Waals surface area contributed by atoms with Gasteiger partial charge in [-0.2, -0.15) is 0 Å². The number of pyridine rings is 1. The van der Waals surface area contributed by atoms with Crippen molar-refractivity contribution in [2.75, 3.05) is 11.4 Å². The Labute approximate surface area is 92.7 Å². The molecule has 0 aliphatic carbocycles. The maximum atomic E-state index is 11.7. The van der Waals surface area contributed by atoms with Gasteiger partial charge in [0.25, 0.3) is 0 Å². The van der Waals surface area contributed by atoms with Crippen molar-refractivity contribution in [3.05, 3.63) is 24.0 Å². The minimum atomic E-state index is -0.914. The van der Waals surface area contributed by atoms with Gasteiger partial charge in [-0.15, -0.1) is 0 Å². The van der Waals surface area contributed by atoms with E-state index in [1.54, 1.807) is 18.5 Å². The molecule has 5 heteroatoms. The number of carboxylic acids is 1. The minimum Gasteiger partial charge on any atom is -0.481 e. The monoisotopic (exact) mass is 220 g/mol. The highest BCUT2D eigenvalue weighted by atomic mass is 16.4. The number of anilines is 1. The molecule has 1 fully saturated rings. The first-order chi connectivity index (χ1) is 7.59. The first-order valence-electron chi connectivity index (χ1n) is 5.03. The number of carboxylic acid groups (broad SMARTS) is 1. The number of amides is 1. The Kier molecular flexibility index (Phi) is 2.60. The fourth-order valence-electron chi connectivity index (χ4n) is 1.87. The van der Waals surface area contributed by atoms with Crippen molar-refractivity contribution >= 4 is 17.6 Å². The number of aliphatic carboxylic acids is 1. The molecule has 1 aromatic rings. The summed E-state index contributed by atoms with van der Waals surface area (Å²) < 4.78 is 0. The molecule has 1 N–H and O–H groups in total. The van der Waals surface area contributed by atoms with Gasteiger partial charge in [-0.3, -0.25) is 14.6 Å². The standard InChI is InChI=1S/C11H12N2O3/c1-7-5-12-3-2-9(7)13-6-8(11(15)16)4-10(13)14/h2-3,5,8H,4,6H2,1H3,(H,15,16). The fraction of sp³-hybridized carbons (Fsp3) is 0.364. The SMILES string of the molecule is Cc1cnccc1N1CC(C(=O)O)CC1=O. The summed E-state index contributed by atoms with van der Waals surface area (Å²) in [5, 5.41) is 8.87. The number of hydrogen-bond donors (Lipinski definition) is 1. The van der Waals surface area contributed by atoms with E-state index in [0.717, 1.165) is 11.3 Å². The molecule has 1 amide bonds. The van der Waals surface area contributed by atoms with E-state index in [2.05, 4.69) is 4.98 Å². The Hall–Kier alpha value is -1.91. The summed E-state index contributed by atoms with van der Waals surface area (Å²) in [6.45, 7) is 2.10. The number of nitrogens with zero attached hydrogens (tertiary/aromatic N) is 2. The molecular weight excluding hydrogens is 208 g/mol. The minimum absolute atomic E-state index is 0.0805. The third-order valence-corrected chi connectivity index (χ3v) is 2.76. The van der Waals surface area contributed by atoms with Crippen LogP contribution in [-0.2, 0) is 9.59 Å². The van der Waals surface area contributed by atoms with Gasteiger partial charge >= 0.3 is 5.97 Å². The van der Waals surface area contributed by atoms with Crippen LogP contribution in [0.15, 0.2) is 18.5 Å². The Bertz CT molecular complexity index is 445. The summed E-state index contributed by atoms with van der Waals surface area (Å²) in [6.07, 6.45) is 3.34. The molecule has 5 nitrogen and oxygen atoms in total. The third kappa shape index (κ3) is 1.76. The highest BCUT2D eigenvalue weighted by Crippen LogP contribution is 2.27. The van der Waals surface area contributed by atoms with Crippen molar-refractivity contribution < 1.29 is 14.7 Å². The zero-order valence-electron chi connectivity index (χ0n) is 8.88. The number of hydrogen-bond acceptors (Lipinski definition) is 3. The Balaban J connectivity index is 2.27. The smallest absolute Gasteiger partial charge is 0.308 e. The summed E-state index contributed by atoms with van der Waals surface area (Å²) in [4.78, 5) is 28.0. The van der Waals surface area contributed by atoms with Crippen molar-refractivity contribution in [2.45, 2.75) is 13.3 Å². The molecule has 1 saturated heterocycles. The van der Waals surface area contributed by atoms with Crippen LogP contribution < -0.4 is 4.90 Å². The Morgan fingerprint density at radius 3 is 2.94 bits per heavy atom. The van der Waals surface area contributed by atoms with E-state index in [1.807, 2.05) is 6.92 Å². The zero-order valence-corrected chi connectivity index (χ0v) is 8.88. The number of rotatable bonds is 2. The lowest BCUT2D eigenvalue weighted by molar-refractivity contribution is -0.141. The van der Waals surface area contributed by atoms with Gasteiger partial charge in [-0.05, 0) is 18.6 Å². The number of carbonyl (C=O) groups excluding carboxylic acids is 1. The van der Waals surface area contributed by atoms with Crippen LogP contribution in [0.3, 0.4) is 0 Å². The van der Waals surface area contributed by atoms with E-state index in [-0.39, 0.29) is 18.9 Å². The van der Waals surface area contributed by atoms with Crippen LogP contribution in [0.2, 0.25) is 0 Å². The molecule has 1 aliphatic heterocycles. The quantitative estimate of drug-likeness (QED) is 0.801. The summed E-state index contributed by atoms with van der Waals surface area (Å²) in [5.41, 5.74) is 1.63. The van der Waals surface area contributed by atoms with Gasteiger partial charge in [0.15, 0.2) is 0 Å². The second-order valence-electron chi connectivity index (χ2n) is 3.91. The van der Waals surface area contributed by atoms with Crippen molar-refractivity contribution in [3.8, 4) is 0 Å². The van der Waals surface area contributed by atoms with Crippen molar-refractivity contribution in [1.29, 1.82) is 0 Å². The second kappa shape index (κ2) is 3.92. The number of aryl methyl sites for hydroxylation is 1. The van der Waals surface area contributed by atoms with Crippen LogP contribution in [-0.4, -0.2) is 28.5 Å². The first-order valence-corrected chi connectivity index (χ1v) is 5.03. The highest BCUT2D eigenvalue weighted by molar-refractivity contribution is 5.99. The summed E-state index contributed by atoms with van der Waals surface area (Å²) >= 11 is 0. The third-order valence-electron chi connectivity index (χ3n) is 2.76. The molecule has 16 heavy (non-hydrogen) atoms. The van der Waals surface area contributed by atoms with Gasteiger partial charge in [-0.25, -0.2) is 0 Å². The fourth-order valence-corrected chi connectivity index (χ4v) is 1.87. The molecule has 1 atom stereocenters. The number of aromatic nitrogens is 1. The lowest BCUT2D eigenvalue weighted by atomic mass is 10.1. The first kappa shape index (κ1) is 10.6. The summed E-state index contributed by atoms with van der Waals surface area (Å²) in [5.74, 6) is -1.65. The largest absolute Gasteiger partial charge is 0.481 e. The van der Waals surface area contributed by atoms with Gasteiger partial charge in [0.1, 0.15) is 0 Å². The van der Waals surface area contributed by atoms with Crippen molar-refractivity contribution in [1.82, 2.24) is 4.98 Å². The van der Waals surface area contributed by atoms with Crippen molar-refractivity contribution in [3.63, 3.8) is 0 Å². The molecule has 0 aromatic carbocycles. The van der Waals surface area contributed by atoms with Crippen LogP contribution in [0.5, 0.6) is 0 Å². The van der Waals surface area contributed by atoms with E-state index < -0.39 is 11.9 Å². The molecule has 0 saturated carbocycles. The average molecular weight is 220 g/mol. The van der Waals surface area contributed by atoms with Crippen LogP contribution in [0.4, 0.5) is 5.69 Å². The normalized spacial score (nSPS) is 20.2. The van der Waals surface area contributed by atoms with Gasteiger partial charge in [-0.1, -0.05) is 0 Å². The van der Waals surface area contributed by atoms with Crippen LogP contribution in [0, 0.1) is 12.8 Å². The second-order valence-corrected chi connectivity index (χ2v) is 3.91. The van der Waals surface area contributed by atoms with Gasteiger partial charge in [0.05, 0.1) is 5.92 Å². The molecule has 1 aromatic heterocycles.